The molecule has 0 aromatic rings. The number of aliphatic hydroxyl groups is 1. The first kappa shape index (κ1) is 22.4. The molecule has 1 N–H and O–H groups in total. The normalized spacial score (nSPS) is 32.9. The molecule has 2 aliphatic rings. The van der Waals surface area contributed by atoms with E-state index in [9.17, 15) is 5.11 Å². The predicted molar refractivity (Wildman–Crippen MR) is 89.7 cm³/mol. The molecule has 0 aromatic heterocycles. The zero-order valence-electron chi connectivity index (χ0n) is 15.4. The van der Waals surface area contributed by atoms with Crippen molar-refractivity contribution in [3.05, 3.63) is 0 Å². The Bertz CT molecular complexity index is 320. The zero-order valence-corrected chi connectivity index (χ0v) is 20.2. The summed E-state index contributed by atoms with van der Waals surface area (Å²) in [7, 11) is 0. The molecule has 1 heterocycles. The van der Waals surface area contributed by atoms with E-state index in [-0.39, 0.29) is 56.5 Å². The molecular formula is C19H36AcO3. The van der Waals surface area contributed by atoms with Crippen molar-refractivity contribution in [2.75, 3.05) is 13.2 Å². The molecule has 1 aliphatic carbocycles. The van der Waals surface area contributed by atoms with Gasteiger partial charge in [0.25, 0.3) is 0 Å². The largest absolute Gasteiger partial charge is 0.393 e. The van der Waals surface area contributed by atoms with Gasteiger partial charge in [-0.15, -0.1) is 0 Å². The first-order valence-corrected chi connectivity index (χ1v) is 9.48. The van der Waals surface area contributed by atoms with Gasteiger partial charge in [0.2, 0.25) is 0 Å². The molecule has 1 radical (unpaired) electrons. The van der Waals surface area contributed by atoms with E-state index in [1.807, 2.05) is 0 Å². The van der Waals surface area contributed by atoms with Crippen molar-refractivity contribution in [1.82, 2.24) is 0 Å². The van der Waals surface area contributed by atoms with E-state index in [4.69, 9.17) is 9.47 Å². The van der Waals surface area contributed by atoms with Gasteiger partial charge in [0, 0.05) is 50.5 Å². The fourth-order valence-corrected chi connectivity index (χ4v) is 4.66. The minimum Gasteiger partial charge on any atom is -0.393 e. The van der Waals surface area contributed by atoms with E-state index >= 15 is 0 Å². The van der Waals surface area contributed by atoms with Crippen LogP contribution in [0.15, 0.2) is 0 Å². The molecule has 2 rings (SSSR count). The molecule has 133 valence electrons. The Balaban J connectivity index is 0.00000264. The minimum absolute atomic E-state index is 0. The molecule has 0 spiro atoms. The molecule has 1 aliphatic heterocycles. The van der Waals surface area contributed by atoms with Crippen LogP contribution in [0.5, 0.6) is 0 Å². The zero-order chi connectivity index (χ0) is 16.0. The topological polar surface area (TPSA) is 38.7 Å². The Hall–Kier alpha value is 1.32. The van der Waals surface area contributed by atoms with Crippen LogP contribution in [0.3, 0.4) is 0 Å². The van der Waals surface area contributed by atoms with Crippen LogP contribution in [0.2, 0.25) is 0 Å². The van der Waals surface area contributed by atoms with Crippen molar-refractivity contribution in [1.29, 1.82) is 0 Å². The average molecular weight is 539 g/mol. The van der Waals surface area contributed by atoms with Gasteiger partial charge in [0.05, 0.1) is 19.3 Å². The van der Waals surface area contributed by atoms with Crippen molar-refractivity contribution >= 4 is 0 Å². The molecule has 3 nitrogen and oxygen atoms in total. The second-order valence-electron chi connectivity index (χ2n) is 7.77. The van der Waals surface area contributed by atoms with Crippen LogP contribution < -0.4 is 0 Å². The standard InChI is InChI=1S/C19H36O3.Ac/c1-4-15-13-16(5-2)19(3,14-15)10-6-7-17(20)8-9-18-21-11-12-22-18;/h15-18,20H,4-14H2,1-3H3;. The summed E-state index contributed by atoms with van der Waals surface area (Å²) in [6.07, 6.45) is 10.2. The summed E-state index contributed by atoms with van der Waals surface area (Å²) in [5.41, 5.74) is 0.507. The third kappa shape index (κ3) is 6.86. The molecule has 23 heavy (non-hydrogen) atoms. The van der Waals surface area contributed by atoms with Gasteiger partial charge < -0.3 is 14.6 Å². The number of hydrogen-bond donors (Lipinski definition) is 1. The summed E-state index contributed by atoms with van der Waals surface area (Å²) in [5, 5.41) is 10.2. The van der Waals surface area contributed by atoms with Gasteiger partial charge in [-0.25, -0.2) is 0 Å². The number of ether oxygens (including phenoxy) is 2. The first-order valence-electron chi connectivity index (χ1n) is 9.48. The van der Waals surface area contributed by atoms with Crippen LogP contribution in [0, 0.1) is 61.3 Å². The monoisotopic (exact) mass is 539 g/mol. The van der Waals surface area contributed by atoms with Gasteiger partial charge in [0.1, 0.15) is 0 Å². The fraction of sp³-hybridized carbons (Fsp3) is 1.00. The Kier molecular flexibility index (Phi) is 10.8. The average Bonchev–Trinajstić information content (AvgIpc) is 3.12. The molecule has 2 fully saturated rings. The van der Waals surface area contributed by atoms with E-state index in [0.29, 0.717) is 18.6 Å². The molecule has 1 saturated heterocycles. The summed E-state index contributed by atoms with van der Waals surface area (Å²) < 4.78 is 10.8. The van der Waals surface area contributed by atoms with E-state index in [1.54, 1.807) is 0 Å². The number of rotatable bonds is 9. The summed E-state index contributed by atoms with van der Waals surface area (Å²) >= 11 is 0. The summed E-state index contributed by atoms with van der Waals surface area (Å²) in [6, 6.07) is 0. The Morgan fingerprint density at radius 1 is 1.13 bits per heavy atom. The minimum atomic E-state index is -0.195. The van der Waals surface area contributed by atoms with Crippen molar-refractivity contribution in [2.24, 2.45) is 17.3 Å². The molecule has 4 heteroatoms. The quantitative estimate of drug-likeness (QED) is 0.469. The number of hydrogen-bond acceptors (Lipinski definition) is 3. The van der Waals surface area contributed by atoms with E-state index in [2.05, 4.69) is 20.8 Å². The van der Waals surface area contributed by atoms with Crippen molar-refractivity contribution < 1.29 is 58.6 Å². The van der Waals surface area contributed by atoms with Crippen molar-refractivity contribution in [2.45, 2.75) is 91.0 Å². The van der Waals surface area contributed by atoms with Gasteiger partial charge >= 0.3 is 0 Å². The van der Waals surface area contributed by atoms with Gasteiger partial charge in [-0.3, -0.25) is 0 Å². The second-order valence-corrected chi connectivity index (χ2v) is 7.77. The molecule has 1 saturated carbocycles. The van der Waals surface area contributed by atoms with Crippen LogP contribution in [0.1, 0.15) is 78.6 Å². The predicted octanol–water partition coefficient (Wildman–Crippen LogP) is 4.52. The van der Waals surface area contributed by atoms with E-state index < -0.39 is 0 Å². The maximum absolute atomic E-state index is 10.2. The third-order valence-corrected chi connectivity index (χ3v) is 6.14. The first-order chi connectivity index (χ1) is 10.6. The summed E-state index contributed by atoms with van der Waals surface area (Å²) in [6.45, 7) is 8.58. The molecule has 4 atom stereocenters. The molecular weight excluding hydrogens is 503 g/mol. The fourth-order valence-electron chi connectivity index (χ4n) is 4.66. The Morgan fingerprint density at radius 3 is 2.43 bits per heavy atom. The van der Waals surface area contributed by atoms with Crippen molar-refractivity contribution in [3.63, 3.8) is 0 Å². The van der Waals surface area contributed by atoms with Gasteiger partial charge in [-0.1, -0.05) is 40.0 Å². The number of aliphatic hydroxyl groups excluding tert-OH is 1. The van der Waals surface area contributed by atoms with Crippen LogP contribution in [0.25, 0.3) is 0 Å². The molecule has 4 unspecified atom stereocenters. The van der Waals surface area contributed by atoms with Crippen LogP contribution in [-0.2, 0) is 9.47 Å². The summed E-state index contributed by atoms with van der Waals surface area (Å²) in [5.74, 6) is 1.81. The summed E-state index contributed by atoms with van der Waals surface area (Å²) in [4.78, 5) is 0. The van der Waals surface area contributed by atoms with Gasteiger partial charge in [-0.05, 0) is 49.4 Å². The maximum atomic E-state index is 10.2. The third-order valence-electron chi connectivity index (χ3n) is 6.14. The van der Waals surface area contributed by atoms with Crippen LogP contribution in [0.4, 0.5) is 0 Å². The second kappa shape index (κ2) is 11.1. The van der Waals surface area contributed by atoms with Crippen LogP contribution in [-0.4, -0.2) is 30.7 Å². The molecule has 0 aromatic carbocycles. The Labute approximate surface area is 178 Å². The van der Waals surface area contributed by atoms with Crippen LogP contribution >= 0.6 is 0 Å². The van der Waals surface area contributed by atoms with Gasteiger partial charge in [-0.2, -0.15) is 0 Å². The molecule has 0 bridgehead atoms. The van der Waals surface area contributed by atoms with E-state index in [0.717, 1.165) is 37.5 Å². The van der Waals surface area contributed by atoms with Gasteiger partial charge in [0.15, 0.2) is 6.29 Å². The molecule has 0 amide bonds. The maximum Gasteiger partial charge on any atom is 0.157 e. The Morgan fingerprint density at radius 2 is 1.83 bits per heavy atom. The smallest absolute Gasteiger partial charge is 0.157 e. The van der Waals surface area contributed by atoms with Crippen molar-refractivity contribution in [3.8, 4) is 0 Å². The van der Waals surface area contributed by atoms with E-state index in [1.165, 1.54) is 32.1 Å². The SMILES string of the molecule is CCC1CC(CC)C(C)(CCCC(O)CCC2OCCO2)C1.[Ac].